The Hall–Kier alpha value is -2.41. The summed E-state index contributed by atoms with van der Waals surface area (Å²) in [4.78, 5) is 27.8. The summed E-state index contributed by atoms with van der Waals surface area (Å²) in [6.45, 7) is 3.26. The molecule has 3 aliphatic rings. The molecule has 6 nitrogen and oxygen atoms in total. The Bertz CT molecular complexity index is 1080. The van der Waals surface area contributed by atoms with E-state index in [0.29, 0.717) is 24.2 Å². The van der Waals surface area contributed by atoms with Crippen LogP contribution in [0.15, 0.2) is 17.1 Å². The first-order valence-electron chi connectivity index (χ1n) is 11.1. The number of hydrogen-bond donors (Lipinski definition) is 1. The predicted octanol–water partition coefficient (Wildman–Crippen LogP) is 3.14. The van der Waals surface area contributed by atoms with Gasteiger partial charge in [-0.25, -0.2) is 9.18 Å². The number of esters is 1. The fourth-order valence-corrected chi connectivity index (χ4v) is 5.35. The predicted molar refractivity (Wildman–Crippen MR) is 114 cm³/mol. The maximum atomic E-state index is 15.5. The Balaban J connectivity index is 1.77. The van der Waals surface area contributed by atoms with E-state index in [2.05, 4.69) is 4.90 Å². The average Bonchev–Trinajstić information content (AvgIpc) is 3.52. The minimum Gasteiger partial charge on any atom is -0.462 e. The van der Waals surface area contributed by atoms with Crippen LogP contribution in [0.2, 0.25) is 0 Å². The molecule has 3 heterocycles. The molecule has 0 bridgehead atoms. The van der Waals surface area contributed by atoms with Crippen LogP contribution in [0.1, 0.15) is 61.0 Å². The van der Waals surface area contributed by atoms with Crippen molar-refractivity contribution in [3.8, 4) is 0 Å². The summed E-state index contributed by atoms with van der Waals surface area (Å²) in [5.74, 6) is -0.644. The molecule has 0 radical (unpaired) electrons. The fraction of sp³-hybridized carbons (Fsp3) is 0.565. The summed E-state index contributed by atoms with van der Waals surface area (Å²) in [5, 5.41) is 0.289. The lowest BCUT2D eigenvalue weighted by Crippen LogP contribution is -2.30. The molecule has 1 aromatic heterocycles. The topological polar surface area (TPSA) is 77.6 Å². The van der Waals surface area contributed by atoms with Gasteiger partial charge in [0.25, 0.3) is 0 Å². The first kappa shape index (κ1) is 19.5. The molecule has 7 heteroatoms. The molecule has 1 unspecified atom stereocenters. The number of carbonyl (C=O) groups excluding carboxylic acids is 1. The van der Waals surface area contributed by atoms with Crippen molar-refractivity contribution < 1.29 is 13.9 Å². The number of benzene rings is 1. The quantitative estimate of drug-likeness (QED) is 0.780. The van der Waals surface area contributed by atoms with Gasteiger partial charge in [-0.1, -0.05) is 0 Å². The second-order valence-electron chi connectivity index (χ2n) is 8.85. The minimum atomic E-state index is -0.639. The summed E-state index contributed by atoms with van der Waals surface area (Å²) in [7, 11) is 0. The molecular weight excluding hydrogens is 385 g/mol. The van der Waals surface area contributed by atoms with Crippen LogP contribution < -0.4 is 16.1 Å². The molecule has 1 saturated carbocycles. The normalized spacial score (nSPS) is 23.2. The van der Waals surface area contributed by atoms with Gasteiger partial charge in [-0.15, -0.1) is 0 Å². The van der Waals surface area contributed by atoms with Gasteiger partial charge in [0.2, 0.25) is 5.43 Å². The minimum absolute atomic E-state index is 0.00790. The first-order chi connectivity index (χ1) is 14.5. The maximum Gasteiger partial charge on any atom is 0.343 e. The number of fused-ring (bicyclic) bond motifs is 5. The van der Waals surface area contributed by atoms with Crippen LogP contribution in [0.25, 0.3) is 10.9 Å². The Morgan fingerprint density at radius 1 is 1.30 bits per heavy atom. The zero-order valence-electron chi connectivity index (χ0n) is 17.3. The molecule has 160 valence electrons. The number of ether oxygens (including phenoxy) is 1. The van der Waals surface area contributed by atoms with Crippen LogP contribution >= 0.6 is 0 Å². The number of nitrogens with two attached hydrogens (primary N) is 1. The average molecular weight is 413 g/mol. The molecular formula is C23H28FN3O3. The first-order valence-corrected chi connectivity index (χ1v) is 11.1. The lowest BCUT2D eigenvalue weighted by atomic mass is 9.98. The summed E-state index contributed by atoms with van der Waals surface area (Å²) >= 11 is 0. The van der Waals surface area contributed by atoms with E-state index < -0.39 is 11.4 Å². The second-order valence-corrected chi connectivity index (χ2v) is 8.85. The zero-order valence-corrected chi connectivity index (χ0v) is 17.3. The highest BCUT2D eigenvalue weighted by molar-refractivity contribution is 5.96. The summed E-state index contributed by atoms with van der Waals surface area (Å²) in [6.07, 6.45) is 7.30. The summed E-state index contributed by atoms with van der Waals surface area (Å²) < 4.78 is 22.7. The van der Waals surface area contributed by atoms with Gasteiger partial charge < -0.3 is 19.9 Å². The molecule has 2 atom stereocenters. The SMILES string of the molecule is CCOC(=O)c1cn(C2CC2)c2c3c(c(F)cc2c1=O)N1C[C@@H](CN)CC1CCC3. The maximum absolute atomic E-state index is 15.5. The highest BCUT2D eigenvalue weighted by Crippen LogP contribution is 2.44. The molecule has 1 aromatic carbocycles. The molecule has 2 fully saturated rings. The van der Waals surface area contributed by atoms with Crippen molar-refractivity contribution in [3.63, 3.8) is 0 Å². The third-order valence-electron chi connectivity index (χ3n) is 6.86. The molecule has 2 N–H and O–H groups in total. The van der Waals surface area contributed by atoms with E-state index in [1.54, 1.807) is 13.1 Å². The molecule has 1 saturated heterocycles. The van der Waals surface area contributed by atoms with E-state index in [1.165, 1.54) is 6.07 Å². The Labute approximate surface area is 174 Å². The number of pyridine rings is 1. The number of aryl methyl sites for hydroxylation is 1. The molecule has 1 aliphatic carbocycles. The van der Waals surface area contributed by atoms with Gasteiger partial charge in [-0.05, 0) is 64.0 Å². The number of aromatic nitrogens is 1. The number of nitrogens with zero attached hydrogens (tertiary/aromatic N) is 2. The van der Waals surface area contributed by atoms with E-state index in [4.69, 9.17) is 10.5 Å². The molecule has 0 amide bonds. The molecule has 2 aliphatic heterocycles. The summed E-state index contributed by atoms with van der Waals surface area (Å²) in [6, 6.07) is 1.88. The van der Waals surface area contributed by atoms with Crippen LogP contribution in [0.5, 0.6) is 0 Å². The monoisotopic (exact) mass is 413 g/mol. The van der Waals surface area contributed by atoms with Gasteiger partial charge in [0, 0.05) is 35.8 Å². The number of carbonyl (C=O) groups is 1. The Kier molecular flexibility index (Phi) is 4.81. The van der Waals surface area contributed by atoms with Gasteiger partial charge in [0.1, 0.15) is 11.4 Å². The van der Waals surface area contributed by atoms with Crippen molar-refractivity contribution >= 4 is 22.6 Å². The largest absolute Gasteiger partial charge is 0.462 e. The number of anilines is 1. The van der Waals surface area contributed by atoms with E-state index >= 15 is 4.39 Å². The van der Waals surface area contributed by atoms with E-state index in [0.717, 1.165) is 56.1 Å². The van der Waals surface area contributed by atoms with Gasteiger partial charge in [0.05, 0.1) is 17.8 Å². The van der Waals surface area contributed by atoms with E-state index in [1.807, 2.05) is 4.57 Å². The molecule has 2 aromatic rings. The molecule has 5 rings (SSSR count). The van der Waals surface area contributed by atoms with Crippen LogP contribution in [0.3, 0.4) is 0 Å². The molecule has 30 heavy (non-hydrogen) atoms. The van der Waals surface area contributed by atoms with Crippen molar-refractivity contribution in [3.05, 3.63) is 39.4 Å². The zero-order chi connectivity index (χ0) is 21.0. The van der Waals surface area contributed by atoms with E-state index in [9.17, 15) is 9.59 Å². The van der Waals surface area contributed by atoms with Crippen molar-refractivity contribution in [2.75, 3.05) is 24.6 Å². The number of halogens is 1. The van der Waals surface area contributed by atoms with Gasteiger partial charge in [0.15, 0.2) is 0 Å². The third-order valence-corrected chi connectivity index (χ3v) is 6.86. The van der Waals surface area contributed by atoms with Crippen molar-refractivity contribution in [1.82, 2.24) is 4.57 Å². The third kappa shape index (κ3) is 3.02. The van der Waals surface area contributed by atoms with Gasteiger partial charge in [-0.2, -0.15) is 0 Å². The van der Waals surface area contributed by atoms with Crippen LogP contribution in [0, 0.1) is 11.7 Å². The fourth-order valence-electron chi connectivity index (χ4n) is 5.35. The number of hydrogen-bond acceptors (Lipinski definition) is 5. The highest BCUT2D eigenvalue weighted by atomic mass is 19.1. The molecule has 0 spiro atoms. The lowest BCUT2D eigenvalue weighted by molar-refractivity contribution is 0.0524. The van der Waals surface area contributed by atoms with Gasteiger partial charge in [-0.3, -0.25) is 4.79 Å². The van der Waals surface area contributed by atoms with E-state index in [-0.39, 0.29) is 29.4 Å². The standard InChI is InChI=1S/C23H28FN3O3/c1-2-30-23(29)18-12-27(14-6-7-14)20-16-5-3-4-15-8-13(10-25)11-26(15)21(16)19(24)9-17(20)22(18)28/h9,12-15H,2-8,10-11,25H2,1H3/t13-,15?/m1/s1. The van der Waals surface area contributed by atoms with Crippen molar-refractivity contribution in [2.24, 2.45) is 11.7 Å². The van der Waals surface area contributed by atoms with Gasteiger partial charge >= 0.3 is 5.97 Å². The highest BCUT2D eigenvalue weighted by Gasteiger charge is 2.38. The van der Waals surface area contributed by atoms with Crippen LogP contribution in [0.4, 0.5) is 10.1 Å². The number of rotatable bonds is 4. The Morgan fingerprint density at radius 3 is 2.80 bits per heavy atom. The summed E-state index contributed by atoms with van der Waals surface area (Å²) in [5.41, 5.74) is 7.82. The Morgan fingerprint density at radius 2 is 2.10 bits per heavy atom. The van der Waals surface area contributed by atoms with Crippen LogP contribution in [-0.4, -0.2) is 36.3 Å². The van der Waals surface area contributed by atoms with Crippen molar-refractivity contribution in [1.29, 1.82) is 0 Å². The smallest absolute Gasteiger partial charge is 0.343 e. The second kappa shape index (κ2) is 7.38. The van der Waals surface area contributed by atoms with Crippen molar-refractivity contribution in [2.45, 2.75) is 57.5 Å². The lowest BCUT2D eigenvalue weighted by Gasteiger charge is -2.28. The van der Waals surface area contributed by atoms with Crippen LogP contribution in [-0.2, 0) is 11.2 Å².